The smallest absolute Gasteiger partial charge is 0.328 e. The predicted molar refractivity (Wildman–Crippen MR) is 70.6 cm³/mol. The molecule has 6 heteroatoms. The van der Waals surface area contributed by atoms with Gasteiger partial charge in [-0.2, -0.15) is 0 Å². The normalized spacial score (nSPS) is 13.9. The number of nitrogens with one attached hydrogen (secondary N) is 1. The third-order valence-corrected chi connectivity index (χ3v) is 2.39. The number of hydrogen-bond acceptors (Lipinski definition) is 3. The Kier molecular flexibility index (Phi) is 4.34. The van der Waals surface area contributed by atoms with E-state index < -0.39 is 0 Å². The molecule has 0 atom stereocenters. The molecule has 5 nitrogen and oxygen atoms in total. The third kappa shape index (κ3) is 3.10. The largest absolute Gasteiger partial charge is 0.369 e. The molecule has 0 aromatic heterocycles. The molecule has 1 aliphatic rings. The van der Waals surface area contributed by atoms with Gasteiger partial charge in [-0.15, -0.1) is 12.4 Å². The number of guanidine groups is 1. The Labute approximate surface area is 106 Å². The van der Waals surface area contributed by atoms with Gasteiger partial charge in [0.25, 0.3) is 0 Å². The number of benzene rings is 1. The third-order valence-electron chi connectivity index (χ3n) is 2.39. The average Bonchev–Trinajstić information content (AvgIpc) is 2.64. The van der Waals surface area contributed by atoms with Crippen LogP contribution in [0.2, 0.25) is 0 Å². The molecule has 1 aliphatic heterocycles. The summed E-state index contributed by atoms with van der Waals surface area (Å²) in [4.78, 5) is 17.2. The van der Waals surface area contributed by atoms with Crippen LogP contribution < -0.4 is 11.1 Å². The number of hydrogen-bond donors (Lipinski definition) is 2. The van der Waals surface area contributed by atoms with Crippen molar-refractivity contribution in [3.05, 3.63) is 29.8 Å². The van der Waals surface area contributed by atoms with Crippen LogP contribution in [0, 0.1) is 6.92 Å². The lowest BCUT2D eigenvalue weighted by Crippen LogP contribution is -2.41. The summed E-state index contributed by atoms with van der Waals surface area (Å²) in [6, 6.07) is 7.38. The van der Waals surface area contributed by atoms with E-state index in [2.05, 4.69) is 10.3 Å². The summed E-state index contributed by atoms with van der Waals surface area (Å²) in [5.74, 6) is 0.283. The Bertz CT molecular complexity index is 447. The van der Waals surface area contributed by atoms with E-state index in [1.807, 2.05) is 31.2 Å². The molecule has 0 fully saturated rings. The molecule has 0 saturated carbocycles. The van der Waals surface area contributed by atoms with Crippen molar-refractivity contribution in [2.24, 2.45) is 10.7 Å². The van der Waals surface area contributed by atoms with Crippen LogP contribution in [0.5, 0.6) is 0 Å². The first-order valence-corrected chi connectivity index (χ1v) is 5.12. The number of aryl methyl sites for hydroxylation is 1. The lowest BCUT2D eigenvalue weighted by atomic mass is 10.2. The van der Waals surface area contributed by atoms with Crippen molar-refractivity contribution in [3.8, 4) is 0 Å². The fourth-order valence-electron chi connectivity index (χ4n) is 1.58. The number of urea groups is 1. The minimum atomic E-state index is -0.232. The van der Waals surface area contributed by atoms with Crippen molar-refractivity contribution in [2.75, 3.05) is 18.4 Å². The van der Waals surface area contributed by atoms with Gasteiger partial charge in [0.05, 0.1) is 13.1 Å². The van der Waals surface area contributed by atoms with Crippen LogP contribution in [0.1, 0.15) is 5.56 Å². The Morgan fingerprint density at radius 3 is 2.88 bits per heavy atom. The minimum absolute atomic E-state index is 0. The summed E-state index contributed by atoms with van der Waals surface area (Å²) >= 11 is 0. The van der Waals surface area contributed by atoms with Crippen LogP contribution in [0.4, 0.5) is 10.5 Å². The van der Waals surface area contributed by atoms with E-state index in [-0.39, 0.29) is 24.4 Å². The SMILES string of the molecule is Cc1cccc(NC(=O)N2CCN=C2N)c1.Cl. The number of rotatable bonds is 1. The fourth-order valence-corrected chi connectivity index (χ4v) is 1.58. The van der Waals surface area contributed by atoms with Gasteiger partial charge in [0, 0.05) is 5.69 Å². The molecule has 1 aromatic carbocycles. The van der Waals surface area contributed by atoms with Crippen LogP contribution in [0.25, 0.3) is 0 Å². The molecule has 0 spiro atoms. The Balaban J connectivity index is 0.00000144. The van der Waals surface area contributed by atoms with Crippen LogP contribution in [-0.2, 0) is 0 Å². The van der Waals surface area contributed by atoms with Crippen molar-refractivity contribution < 1.29 is 4.79 Å². The van der Waals surface area contributed by atoms with Crippen molar-refractivity contribution >= 4 is 30.1 Å². The van der Waals surface area contributed by atoms with Gasteiger partial charge in [-0.05, 0) is 24.6 Å². The molecule has 3 N–H and O–H groups in total. The number of halogens is 1. The van der Waals surface area contributed by atoms with Gasteiger partial charge in [0.2, 0.25) is 0 Å². The number of carbonyl (C=O) groups excluding carboxylic acids is 1. The molecular formula is C11H15ClN4O. The van der Waals surface area contributed by atoms with E-state index in [0.717, 1.165) is 11.3 Å². The summed E-state index contributed by atoms with van der Waals surface area (Å²) in [5.41, 5.74) is 7.44. The highest BCUT2D eigenvalue weighted by molar-refractivity contribution is 6.02. The van der Waals surface area contributed by atoms with E-state index in [1.54, 1.807) is 0 Å². The molecule has 2 rings (SSSR count). The van der Waals surface area contributed by atoms with Gasteiger partial charge in [0.1, 0.15) is 0 Å². The topological polar surface area (TPSA) is 70.7 Å². The standard InChI is InChI=1S/C11H14N4O.ClH/c1-8-3-2-4-9(7-8)14-11(16)15-6-5-13-10(15)12;/h2-4,7H,5-6H2,1H3,(H2,12,13)(H,14,16);1H. The Morgan fingerprint density at radius 2 is 2.29 bits per heavy atom. The first-order chi connectivity index (χ1) is 7.66. The number of nitrogens with zero attached hydrogens (tertiary/aromatic N) is 2. The van der Waals surface area contributed by atoms with Crippen LogP contribution in [-0.4, -0.2) is 30.0 Å². The zero-order chi connectivity index (χ0) is 11.5. The number of amides is 2. The molecule has 1 heterocycles. The molecule has 2 amide bonds. The maximum absolute atomic E-state index is 11.8. The molecule has 92 valence electrons. The van der Waals surface area contributed by atoms with E-state index in [0.29, 0.717) is 13.1 Å². The second-order valence-corrected chi connectivity index (χ2v) is 3.69. The van der Waals surface area contributed by atoms with Crippen LogP contribution in [0.3, 0.4) is 0 Å². The van der Waals surface area contributed by atoms with Crippen molar-refractivity contribution in [3.63, 3.8) is 0 Å². The van der Waals surface area contributed by atoms with Crippen molar-refractivity contribution in [1.29, 1.82) is 0 Å². The van der Waals surface area contributed by atoms with Gasteiger partial charge in [-0.25, -0.2) is 4.79 Å². The summed E-state index contributed by atoms with van der Waals surface area (Å²) < 4.78 is 0. The molecule has 0 saturated heterocycles. The highest BCUT2D eigenvalue weighted by Crippen LogP contribution is 2.11. The second-order valence-electron chi connectivity index (χ2n) is 3.69. The molecule has 0 radical (unpaired) electrons. The highest BCUT2D eigenvalue weighted by atomic mass is 35.5. The van der Waals surface area contributed by atoms with Crippen LogP contribution in [0.15, 0.2) is 29.3 Å². The summed E-state index contributed by atoms with van der Waals surface area (Å²) in [6.07, 6.45) is 0. The molecule has 17 heavy (non-hydrogen) atoms. The van der Waals surface area contributed by atoms with Crippen molar-refractivity contribution in [2.45, 2.75) is 6.92 Å². The fraction of sp³-hybridized carbons (Fsp3) is 0.273. The van der Waals surface area contributed by atoms with Crippen molar-refractivity contribution in [1.82, 2.24) is 4.90 Å². The van der Waals surface area contributed by atoms with Gasteiger partial charge >= 0.3 is 6.03 Å². The first kappa shape index (κ1) is 13.3. The van der Waals surface area contributed by atoms with Gasteiger partial charge < -0.3 is 11.1 Å². The van der Waals surface area contributed by atoms with E-state index in [4.69, 9.17) is 5.73 Å². The van der Waals surface area contributed by atoms with Gasteiger partial charge in [-0.1, -0.05) is 12.1 Å². The van der Waals surface area contributed by atoms with Crippen LogP contribution >= 0.6 is 12.4 Å². The number of nitrogens with two attached hydrogens (primary N) is 1. The quantitative estimate of drug-likeness (QED) is 0.799. The Morgan fingerprint density at radius 1 is 1.53 bits per heavy atom. The zero-order valence-corrected chi connectivity index (χ0v) is 10.3. The molecule has 0 unspecified atom stereocenters. The summed E-state index contributed by atoms with van der Waals surface area (Å²) in [5, 5.41) is 2.78. The van der Waals surface area contributed by atoms with E-state index in [9.17, 15) is 4.79 Å². The minimum Gasteiger partial charge on any atom is -0.369 e. The average molecular weight is 255 g/mol. The number of anilines is 1. The number of aliphatic imine (C=N–C) groups is 1. The lowest BCUT2D eigenvalue weighted by Gasteiger charge is -2.16. The second kappa shape index (κ2) is 5.54. The molecule has 0 bridgehead atoms. The maximum Gasteiger partial charge on any atom is 0.328 e. The first-order valence-electron chi connectivity index (χ1n) is 5.12. The van der Waals surface area contributed by atoms with E-state index >= 15 is 0 Å². The molecule has 0 aliphatic carbocycles. The monoisotopic (exact) mass is 254 g/mol. The number of carbonyl (C=O) groups is 1. The van der Waals surface area contributed by atoms with Gasteiger partial charge in [-0.3, -0.25) is 9.89 Å². The Hall–Kier alpha value is -1.75. The lowest BCUT2D eigenvalue weighted by molar-refractivity contribution is 0.236. The predicted octanol–water partition coefficient (Wildman–Crippen LogP) is 1.58. The van der Waals surface area contributed by atoms with Gasteiger partial charge in [0.15, 0.2) is 5.96 Å². The zero-order valence-electron chi connectivity index (χ0n) is 9.51. The maximum atomic E-state index is 11.8. The molecule has 1 aromatic rings. The van der Waals surface area contributed by atoms with E-state index in [1.165, 1.54) is 4.90 Å². The summed E-state index contributed by atoms with van der Waals surface area (Å²) in [7, 11) is 0. The molecular weight excluding hydrogens is 240 g/mol. The highest BCUT2D eigenvalue weighted by Gasteiger charge is 2.20. The summed E-state index contributed by atoms with van der Waals surface area (Å²) in [6.45, 7) is 3.10.